The van der Waals surface area contributed by atoms with Crippen LogP contribution in [0.2, 0.25) is 0 Å². The Morgan fingerprint density at radius 2 is 1.96 bits per heavy atom. The molecule has 1 heterocycles. The standard InChI is InChI=1S/C18H32N4O2S/c1-5-24-15(14(2)3)9-12-22-18(19-4)21-11-7-10-20-17(23)16-8-6-13-25-16/h6,8,13-15H,5,7,9-12H2,1-4H3,(H,20,23)(H2,19,21,22). The van der Waals surface area contributed by atoms with Gasteiger partial charge in [0.1, 0.15) is 0 Å². The topological polar surface area (TPSA) is 74.8 Å². The molecule has 0 saturated carbocycles. The second-order valence-corrected chi connectivity index (χ2v) is 6.99. The number of carbonyl (C=O) groups excluding carboxylic acids is 1. The van der Waals surface area contributed by atoms with Crippen molar-refractivity contribution in [2.24, 2.45) is 10.9 Å². The van der Waals surface area contributed by atoms with Gasteiger partial charge in [0.05, 0.1) is 11.0 Å². The number of hydrogen-bond acceptors (Lipinski definition) is 4. The number of rotatable bonds is 11. The first-order valence-corrected chi connectivity index (χ1v) is 9.84. The van der Waals surface area contributed by atoms with Gasteiger partial charge in [-0.05, 0) is 37.1 Å². The van der Waals surface area contributed by atoms with E-state index in [2.05, 4.69) is 34.8 Å². The molecule has 0 bridgehead atoms. The first-order chi connectivity index (χ1) is 12.1. The molecule has 3 N–H and O–H groups in total. The minimum Gasteiger partial charge on any atom is -0.378 e. The van der Waals surface area contributed by atoms with Crippen molar-refractivity contribution in [2.75, 3.05) is 33.3 Å². The quantitative estimate of drug-likeness (QED) is 0.319. The zero-order valence-corrected chi connectivity index (χ0v) is 16.6. The summed E-state index contributed by atoms with van der Waals surface area (Å²) in [5, 5.41) is 11.4. The predicted octanol–water partition coefficient (Wildman–Crippen LogP) is 2.48. The Bertz CT molecular complexity index is 503. The summed E-state index contributed by atoms with van der Waals surface area (Å²) in [5.74, 6) is 1.28. The van der Waals surface area contributed by atoms with Crippen LogP contribution in [0.1, 0.15) is 43.3 Å². The Kier molecular flexibility index (Phi) is 10.9. The highest BCUT2D eigenvalue weighted by molar-refractivity contribution is 7.12. The van der Waals surface area contributed by atoms with E-state index in [-0.39, 0.29) is 12.0 Å². The largest absolute Gasteiger partial charge is 0.378 e. The van der Waals surface area contributed by atoms with Gasteiger partial charge in [0.15, 0.2) is 5.96 Å². The summed E-state index contributed by atoms with van der Waals surface area (Å²) >= 11 is 1.45. The normalized spacial score (nSPS) is 12.9. The predicted molar refractivity (Wildman–Crippen MR) is 106 cm³/mol. The van der Waals surface area contributed by atoms with E-state index >= 15 is 0 Å². The van der Waals surface area contributed by atoms with Gasteiger partial charge in [0, 0.05) is 33.3 Å². The van der Waals surface area contributed by atoms with Crippen molar-refractivity contribution >= 4 is 23.2 Å². The molecule has 1 amide bonds. The average Bonchev–Trinajstić information content (AvgIpc) is 3.13. The maximum absolute atomic E-state index is 11.8. The molecule has 6 nitrogen and oxygen atoms in total. The second-order valence-electron chi connectivity index (χ2n) is 6.04. The van der Waals surface area contributed by atoms with Gasteiger partial charge < -0.3 is 20.7 Å². The van der Waals surface area contributed by atoms with Gasteiger partial charge in [0.2, 0.25) is 0 Å². The van der Waals surface area contributed by atoms with Gasteiger partial charge >= 0.3 is 0 Å². The van der Waals surface area contributed by atoms with Crippen molar-refractivity contribution < 1.29 is 9.53 Å². The smallest absolute Gasteiger partial charge is 0.261 e. The van der Waals surface area contributed by atoms with Crippen LogP contribution in [-0.4, -0.2) is 51.3 Å². The van der Waals surface area contributed by atoms with E-state index in [0.29, 0.717) is 12.5 Å². The fourth-order valence-corrected chi connectivity index (χ4v) is 3.01. The van der Waals surface area contributed by atoms with Crippen LogP contribution in [0.5, 0.6) is 0 Å². The Hall–Kier alpha value is -1.60. The highest BCUT2D eigenvalue weighted by Crippen LogP contribution is 2.10. The molecule has 0 saturated heterocycles. The Labute approximate surface area is 155 Å². The third-order valence-corrected chi connectivity index (χ3v) is 4.61. The maximum atomic E-state index is 11.8. The fraction of sp³-hybridized carbons (Fsp3) is 0.667. The molecule has 1 unspecified atom stereocenters. The highest BCUT2D eigenvalue weighted by atomic mass is 32.1. The lowest BCUT2D eigenvalue weighted by atomic mass is 10.0. The molecule has 0 fully saturated rings. The SMILES string of the molecule is CCOC(CCNC(=NC)NCCCNC(=O)c1cccs1)C(C)C. The molecule has 1 aromatic rings. The lowest BCUT2D eigenvalue weighted by Gasteiger charge is -2.21. The first-order valence-electron chi connectivity index (χ1n) is 8.96. The molecule has 0 aliphatic heterocycles. The van der Waals surface area contributed by atoms with Gasteiger partial charge in [-0.2, -0.15) is 0 Å². The molecule has 0 aromatic carbocycles. The molecule has 0 aliphatic rings. The number of guanidine groups is 1. The Morgan fingerprint density at radius 1 is 1.24 bits per heavy atom. The Balaban J connectivity index is 2.14. The van der Waals surface area contributed by atoms with E-state index in [1.165, 1.54) is 11.3 Å². The highest BCUT2D eigenvalue weighted by Gasteiger charge is 2.12. The fourth-order valence-electron chi connectivity index (χ4n) is 2.37. The van der Waals surface area contributed by atoms with Gasteiger partial charge in [-0.1, -0.05) is 19.9 Å². The molecular weight excluding hydrogens is 336 g/mol. The van der Waals surface area contributed by atoms with Gasteiger partial charge in [-0.25, -0.2) is 0 Å². The zero-order chi connectivity index (χ0) is 18.5. The van der Waals surface area contributed by atoms with E-state index in [9.17, 15) is 4.79 Å². The maximum Gasteiger partial charge on any atom is 0.261 e. The number of nitrogens with zero attached hydrogens (tertiary/aromatic N) is 1. The van der Waals surface area contributed by atoms with Crippen LogP contribution >= 0.6 is 11.3 Å². The molecule has 142 valence electrons. The third-order valence-electron chi connectivity index (χ3n) is 3.75. The van der Waals surface area contributed by atoms with Gasteiger partial charge in [0.25, 0.3) is 5.91 Å². The summed E-state index contributed by atoms with van der Waals surface area (Å²) in [6, 6.07) is 3.71. The lowest BCUT2D eigenvalue weighted by Crippen LogP contribution is -2.40. The van der Waals surface area contributed by atoms with Crippen LogP contribution in [0.25, 0.3) is 0 Å². The van der Waals surface area contributed by atoms with Crippen LogP contribution in [0.15, 0.2) is 22.5 Å². The molecule has 0 spiro atoms. The van der Waals surface area contributed by atoms with Crippen LogP contribution in [-0.2, 0) is 4.74 Å². The molecule has 0 radical (unpaired) electrons. The summed E-state index contributed by atoms with van der Waals surface area (Å²) in [5.41, 5.74) is 0. The van der Waals surface area contributed by atoms with Crippen molar-refractivity contribution in [3.8, 4) is 0 Å². The van der Waals surface area contributed by atoms with Crippen LogP contribution < -0.4 is 16.0 Å². The molecule has 0 aliphatic carbocycles. The van der Waals surface area contributed by atoms with Crippen LogP contribution in [0, 0.1) is 5.92 Å². The number of nitrogens with one attached hydrogen (secondary N) is 3. The molecule has 25 heavy (non-hydrogen) atoms. The van der Waals surface area contributed by atoms with E-state index in [4.69, 9.17) is 4.74 Å². The monoisotopic (exact) mass is 368 g/mol. The molecule has 1 atom stereocenters. The van der Waals surface area contributed by atoms with E-state index in [1.54, 1.807) is 7.05 Å². The van der Waals surface area contributed by atoms with E-state index in [1.807, 2.05) is 24.4 Å². The lowest BCUT2D eigenvalue weighted by molar-refractivity contribution is 0.0258. The number of aliphatic imine (C=N–C) groups is 1. The first kappa shape index (κ1) is 21.4. The van der Waals surface area contributed by atoms with Crippen molar-refractivity contribution in [2.45, 2.75) is 39.7 Å². The van der Waals surface area contributed by atoms with Crippen molar-refractivity contribution in [3.05, 3.63) is 22.4 Å². The third kappa shape index (κ3) is 8.88. The van der Waals surface area contributed by atoms with Crippen molar-refractivity contribution in [1.82, 2.24) is 16.0 Å². The summed E-state index contributed by atoms with van der Waals surface area (Å²) in [6.07, 6.45) is 2.05. The minimum absolute atomic E-state index is 0.00633. The molecule has 7 heteroatoms. The zero-order valence-electron chi connectivity index (χ0n) is 15.8. The van der Waals surface area contributed by atoms with Crippen LogP contribution in [0.3, 0.4) is 0 Å². The van der Waals surface area contributed by atoms with Gasteiger partial charge in [-0.15, -0.1) is 11.3 Å². The number of amides is 1. The van der Waals surface area contributed by atoms with E-state index in [0.717, 1.165) is 43.4 Å². The van der Waals surface area contributed by atoms with Crippen molar-refractivity contribution in [1.29, 1.82) is 0 Å². The molecule has 1 rings (SSSR count). The number of thiophene rings is 1. The number of hydrogen-bond donors (Lipinski definition) is 3. The minimum atomic E-state index is -0.00633. The molecular formula is C18H32N4O2S. The van der Waals surface area contributed by atoms with E-state index < -0.39 is 0 Å². The van der Waals surface area contributed by atoms with Crippen molar-refractivity contribution in [3.63, 3.8) is 0 Å². The van der Waals surface area contributed by atoms with Gasteiger partial charge in [-0.3, -0.25) is 9.79 Å². The average molecular weight is 369 g/mol. The Morgan fingerprint density at radius 3 is 2.56 bits per heavy atom. The van der Waals surface area contributed by atoms with Crippen LogP contribution in [0.4, 0.5) is 0 Å². The summed E-state index contributed by atoms with van der Waals surface area (Å²) in [6.45, 7) is 9.34. The summed E-state index contributed by atoms with van der Waals surface area (Å²) in [7, 11) is 1.76. The second kappa shape index (κ2) is 12.7. The number of carbonyl (C=O) groups is 1. The molecule has 1 aromatic heterocycles. The summed E-state index contributed by atoms with van der Waals surface area (Å²) < 4.78 is 5.75. The number of ether oxygens (including phenoxy) is 1. The summed E-state index contributed by atoms with van der Waals surface area (Å²) in [4.78, 5) is 16.8.